The molecule has 1 atom stereocenters. The van der Waals surface area contributed by atoms with Gasteiger partial charge in [0.05, 0.1) is 37.2 Å². The maximum Gasteiger partial charge on any atom is 0.416 e. The number of methoxy groups -OCH3 is 2. The fraction of sp³-hybridized carbons (Fsp3) is 0.300. The van der Waals surface area contributed by atoms with Crippen LogP contribution in [0.25, 0.3) is 10.9 Å². The van der Waals surface area contributed by atoms with E-state index < -0.39 is 11.7 Å². The zero-order chi connectivity index (χ0) is 21.2. The van der Waals surface area contributed by atoms with E-state index in [1.807, 2.05) is 0 Å². The van der Waals surface area contributed by atoms with E-state index in [-0.39, 0.29) is 18.1 Å². The molecule has 0 saturated heterocycles. The number of fused-ring (bicyclic) bond motifs is 1. The van der Waals surface area contributed by atoms with Crippen molar-refractivity contribution < 1.29 is 22.6 Å². The Labute approximate surface area is 164 Å². The Morgan fingerprint density at radius 1 is 1.14 bits per heavy atom. The highest BCUT2D eigenvalue weighted by Gasteiger charge is 2.30. The zero-order valence-corrected chi connectivity index (χ0v) is 16.1. The van der Waals surface area contributed by atoms with Crippen LogP contribution in [-0.2, 0) is 12.7 Å². The van der Waals surface area contributed by atoms with Gasteiger partial charge < -0.3 is 19.8 Å². The SMILES string of the molecule is COc1cc2nc(CN[C@@H](C)c3cccc(C(F)(F)F)c3)[nH]c(=O)c2cc1OC. The smallest absolute Gasteiger partial charge is 0.416 e. The van der Waals surface area contributed by atoms with Crippen LogP contribution in [0.15, 0.2) is 41.2 Å². The van der Waals surface area contributed by atoms with Gasteiger partial charge in [0.25, 0.3) is 5.56 Å². The fourth-order valence-electron chi connectivity index (χ4n) is 2.95. The molecular weight excluding hydrogens is 387 g/mol. The van der Waals surface area contributed by atoms with Gasteiger partial charge in [-0.25, -0.2) is 4.98 Å². The summed E-state index contributed by atoms with van der Waals surface area (Å²) in [4.78, 5) is 19.5. The van der Waals surface area contributed by atoms with E-state index in [9.17, 15) is 18.0 Å². The van der Waals surface area contributed by atoms with E-state index in [2.05, 4.69) is 15.3 Å². The zero-order valence-electron chi connectivity index (χ0n) is 16.1. The summed E-state index contributed by atoms with van der Waals surface area (Å²) in [5.74, 6) is 1.21. The van der Waals surface area contributed by atoms with E-state index in [1.165, 1.54) is 20.3 Å². The quantitative estimate of drug-likeness (QED) is 0.650. The number of nitrogens with one attached hydrogen (secondary N) is 2. The Hall–Kier alpha value is -3.07. The average molecular weight is 407 g/mol. The molecule has 0 amide bonds. The second kappa shape index (κ2) is 8.12. The summed E-state index contributed by atoms with van der Waals surface area (Å²) in [5.41, 5.74) is -0.148. The molecule has 9 heteroatoms. The van der Waals surface area contributed by atoms with E-state index >= 15 is 0 Å². The molecule has 1 aromatic heterocycles. The maximum absolute atomic E-state index is 12.9. The molecule has 3 aromatic rings. The van der Waals surface area contributed by atoms with Gasteiger partial charge in [0.2, 0.25) is 0 Å². The Morgan fingerprint density at radius 3 is 2.48 bits per heavy atom. The van der Waals surface area contributed by atoms with Gasteiger partial charge in [-0.1, -0.05) is 12.1 Å². The number of nitrogens with zero attached hydrogens (tertiary/aromatic N) is 1. The molecule has 0 aliphatic rings. The molecule has 3 rings (SSSR count). The standard InChI is InChI=1S/C20H20F3N3O3/c1-11(12-5-4-6-13(7-12)20(21,22)23)24-10-18-25-15-9-17(29-3)16(28-2)8-14(15)19(27)26-18/h4-9,11,24H,10H2,1-3H3,(H,25,26,27)/t11-/m0/s1. The van der Waals surface area contributed by atoms with Gasteiger partial charge in [-0.15, -0.1) is 0 Å². The summed E-state index contributed by atoms with van der Waals surface area (Å²) < 4.78 is 49.1. The molecule has 0 aliphatic carbocycles. The van der Waals surface area contributed by atoms with Crippen molar-refractivity contribution in [2.45, 2.75) is 25.7 Å². The molecule has 0 saturated carbocycles. The molecule has 0 bridgehead atoms. The minimum absolute atomic E-state index is 0.164. The first kappa shape index (κ1) is 20.7. The van der Waals surface area contributed by atoms with Gasteiger partial charge in [-0.3, -0.25) is 4.79 Å². The predicted molar refractivity (Wildman–Crippen MR) is 102 cm³/mol. The second-order valence-corrected chi connectivity index (χ2v) is 6.46. The van der Waals surface area contributed by atoms with Gasteiger partial charge >= 0.3 is 6.18 Å². The third-order valence-corrected chi connectivity index (χ3v) is 4.55. The van der Waals surface area contributed by atoms with Crippen molar-refractivity contribution in [2.24, 2.45) is 0 Å². The third kappa shape index (κ3) is 4.51. The highest BCUT2D eigenvalue weighted by atomic mass is 19.4. The minimum atomic E-state index is -4.40. The summed E-state index contributed by atoms with van der Waals surface area (Å²) in [6, 6.07) is 7.87. The van der Waals surface area contributed by atoms with Crippen molar-refractivity contribution in [3.05, 3.63) is 63.7 Å². The molecular formula is C20H20F3N3O3. The highest BCUT2D eigenvalue weighted by molar-refractivity contribution is 5.81. The van der Waals surface area contributed by atoms with E-state index in [0.717, 1.165) is 12.1 Å². The molecule has 2 N–H and O–H groups in total. The van der Waals surface area contributed by atoms with Crippen molar-refractivity contribution in [3.8, 4) is 11.5 Å². The predicted octanol–water partition coefficient (Wildman–Crippen LogP) is 3.81. The number of aromatic nitrogens is 2. The number of rotatable bonds is 6. The lowest BCUT2D eigenvalue weighted by Crippen LogP contribution is -2.22. The van der Waals surface area contributed by atoms with Crippen LogP contribution in [0.1, 0.15) is 29.9 Å². The minimum Gasteiger partial charge on any atom is -0.493 e. The lowest BCUT2D eigenvalue weighted by Gasteiger charge is -2.16. The fourth-order valence-corrected chi connectivity index (χ4v) is 2.95. The number of alkyl halides is 3. The first-order valence-corrected chi connectivity index (χ1v) is 8.78. The van der Waals surface area contributed by atoms with Gasteiger partial charge in [0.1, 0.15) is 5.82 Å². The molecule has 0 unspecified atom stereocenters. The lowest BCUT2D eigenvalue weighted by atomic mass is 10.0. The number of ether oxygens (including phenoxy) is 2. The van der Waals surface area contributed by atoms with Crippen molar-refractivity contribution in [1.82, 2.24) is 15.3 Å². The monoisotopic (exact) mass is 407 g/mol. The Kier molecular flexibility index (Phi) is 5.78. The molecule has 0 fully saturated rings. The second-order valence-electron chi connectivity index (χ2n) is 6.46. The van der Waals surface area contributed by atoms with Crippen molar-refractivity contribution in [3.63, 3.8) is 0 Å². The summed E-state index contributed by atoms with van der Waals surface area (Å²) in [6.45, 7) is 1.90. The molecule has 29 heavy (non-hydrogen) atoms. The molecule has 1 heterocycles. The topological polar surface area (TPSA) is 76.2 Å². The van der Waals surface area contributed by atoms with Gasteiger partial charge in [-0.05, 0) is 30.7 Å². The van der Waals surface area contributed by atoms with Crippen LogP contribution in [0.5, 0.6) is 11.5 Å². The van der Waals surface area contributed by atoms with Crippen LogP contribution in [0.4, 0.5) is 13.2 Å². The van der Waals surface area contributed by atoms with Crippen molar-refractivity contribution in [1.29, 1.82) is 0 Å². The molecule has 2 aromatic carbocycles. The first-order chi connectivity index (χ1) is 13.7. The number of halogens is 3. The normalized spacial score (nSPS) is 12.8. The van der Waals surface area contributed by atoms with Crippen LogP contribution in [0, 0.1) is 0 Å². The number of aromatic amines is 1. The number of hydrogen-bond donors (Lipinski definition) is 2. The molecule has 0 aliphatic heterocycles. The first-order valence-electron chi connectivity index (χ1n) is 8.78. The lowest BCUT2D eigenvalue weighted by molar-refractivity contribution is -0.137. The summed E-state index contributed by atoms with van der Waals surface area (Å²) in [7, 11) is 2.95. The molecule has 0 spiro atoms. The highest BCUT2D eigenvalue weighted by Crippen LogP contribution is 2.31. The molecule has 154 valence electrons. The van der Waals surface area contributed by atoms with E-state index in [4.69, 9.17) is 9.47 Å². The number of benzene rings is 2. The average Bonchev–Trinajstić information content (AvgIpc) is 2.70. The van der Waals surface area contributed by atoms with Crippen LogP contribution in [-0.4, -0.2) is 24.2 Å². The van der Waals surface area contributed by atoms with Crippen molar-refractivity contribution in [2.75, 3.05) is 14.2 Å². The van der Waals surface area contributed by atoms with Gasteiger partial charge in [0.15, 0.2) is 11.5 Å². The van der Waals surface area contributed by atoms with Crippen LogP contribution in [0.2, 0.25) is 0 Å². The molecule has 0 radical (unpaired) electrons. The summed E-state index contributed by atoms with van der Waals surface area (Å²) >= 11 is 0. The van der Waals surface area contributed by atoms with Gasteiger partial charge in [0, 0.05) is 12.1 Å². The molecule has 6 nitrogen and oxygen atoms in total. The third-order valence-electron chi connectivity index (χ3n) is 4.55. The maximum atomic E-state index is 12.9. The van der Waals surface area contributed by atoms with Crippen LogP contribution in [0.3, 0.4) is 0 Å². The van der Waals surface area contributed by atoms with E-state index in [0.29, 0.717) is 33.8 Å². The Balaban J connectivity index is 1.83. The van der Waals surface area contributed by atoms with E-state index in [1.54, 1.807) is 25.1 Å². The Bertz CT molecular complexity index is 1080. The summed E-state index contributed by atoms with van der Waals surface area (Å²) in [6.07, 6.45) is -4.40. The van der Waals surface area contributed by atoms with Crippen LogP contribution >= 0.6 is 0 Å². The number of H-pyrrole nitrogens is 1. The largest absolute Gasteiger partial charge is 0.493 e. The van der Waals surface area contributed by atoms with Crippen LogP contribution < -0.4 is 20.3 Å². The van der Waals surface area contributed by atoms with Gasteiger partial charge in [-0.2, -0.15) is 13.2 Å². The Morgan fingerprint density at radius 2 is 1.83 bits per heavy atom. The summed E-state index contributed by atoms with van der Waals surface area (Å²) in [5, 5.41) is 3.43. The number of hydrogen-bond acceptors (Lipinski definition) is 5. The van der Waals surface area contributed by atoms with Crippen molar-refractivity contribution >= 4 is 10.9 Å².